The molecule has 1 heterocycles. The third-order valence-electron chi connectivity index (χ3n) is 4.97. The summed E-state index contributed by atoms with van der Waals surface area (Å²) < 4.78 is 0. The molecule has 4 heteroatoms. The summed E-state index contributed by atoms with van der Waals surface area (Å²) in [6.45, 7) is 6.83. The zero-order chi connectivity index (χ0) is 17.9. The predicted octanol–water partition coefficient (Wildman–Crippen LogP) is 3.30. The van der Waals surface area contributed by atoms with E-state index >= 15 is 0 Å². The first kappa shape index (κ1) is 17.6. The van der Waals surface area contributed by atoms with Crippen molar-refractivity contribution >= 4 is 11.6 Å². The highest BCUT2D eigenvalue weighted by Crippen LogP contribution is 2.28. The number of nitrogens with one attached hydrogen (secondary N) is 1. The van der Waals surface area contributed by atoms with E-state index in [4.69, 9.17) is 0 Å². The van der Waals surface area contributed by atoms with Gasteiger partial charge in [0.1, 0.15) is 0 Å². The SMILES string of the molecule is CCN1CCc2c(cccc2NC(=O)CC(C)(O)c2ccccc2)C1. The quantitative estimate of drug-likeness (QED) is 0.879. The molecule has 25 heavy (non-hydrogen) atoms. The second kappa shape index (κ2) is 7.38. The molecule has 3 rings (SSSR count). The zero-order valence-electron chi connectivity index (χ0n) is 15.0. The van der Waals surface area contributed by atoms with Gasteiger partial charge in [0.15, 0.2) is 0 Å². The normalized spacial score (nSPS) is 16.8. The lowest BCUT2D eigenvalue weighted by Gasteiger charge is -2.29. The predicted molar refractivity (Wildman–Crippen MR) is 100 cm³/mol. The Hall–Kier alpha value is -2.17. The van der Waals surface area contributed by atoms with E-state index in [1.54, 1.807) is 6.92 Å². The minimum atomic E-state index is -1.18. The van der Waals surface area contributed by atoms with Crippen LogP contribution < -0.4 is 5.32 Å². The number of carbonyl (C=O) groups excluding carboxylic acids is 1. The van der Waals surface area contributed by atoms with Gasteiger partial charge < -0.3 is 10.4 Å². The minimum absolute atomic E-state index is 0.0295. The molecule has 0 saturated heterocycles. The van der Waals surface area contributed by atoms with Gasteiger partial charge in [-0.05, 0) is 42.6 Å². The topological polar surface area (TPSA) is 52.6 Å². The fraction of sp³-hybridized carbons (Fsp3) is 0.381. The highest BCUT2D eigenvalue weighted by Gasteiger charge is 2.27. The Morgan fingerprint density at radius 1 is 1.20 bits per heavy atom. The van der Waals surface area contributed by atoms with E-state index in [1.165, 1.54) is 11.1 Å². The standard InChI is InChI=1S/C21H26N2O2/c1-3-23-13-12-18-16(15-23)8-7-11-19(18)22-20(24)14-21(2,25)17-9-5-4-6-10-17/h4-11,25H,3,12-15H2,1-2H3,(H,22,24). The molecule has 1 atom stereocenters. The smallest absolute Gasteiger partial charge is 0.227 e. The van der Waals surface area contributed by atoms with Crippen molar-refractivity contribution in [2.45, 2.75) is 38.8 Å². The van der Waals surface area contributed by atoms with Gasteiger partial charge >= 0.3 is 0 Å². The number of rotatable bonds is 5. The van der Waals surface area contributed by atoms with Crippen molar-refractivity contribution in [3.05, 3.63) is 65.2 Å². The van der Waals surface area contributed by atoms with Gasteiger partial charge in [0, 0.05) is 18.8 Å². The number of fused-ring (bicyclic) bond motifs is 1. The Morgan fingerprint density at radius 3 is 2.68 bits per heavy atom. The fourth-order valence-corrected chi connectivity index (χ4v) is 3.46. The van der Waals surface area contributed by atoms with Crippen molar-refractivity contribution in [3.63, 3.8) is 0 Å². The van der Waals surface area contributed by atoms with E-state index in [0.29, 0.717) is 0 Å². The Kier molecular flexibility index (Phi) is 5.21. The molecule has 1 aliphatic rings. The molecule has 0 aliphatic carbocycles. The van der Waals surface area contributed by atoms with Crippen molar-refractivity contribution in [2.24, 2.45) is 0 Å². The molecule has 1 unspecified atom stereocenters. The Bertz CT molecular complexity index is 741. The first-order valence-corrected chi connectivity index (χ1v) is 8.90. The van der Waals surface area contributed by atoms with Gasteiger partial charge in [0.25, 0.3) is 0 Å². The molecule has 2 aromatic carbocycles. The van der Waals surface area contributed by atoms with Gasteiger partial charge in [-0.3, -0.25) is 9.69 Å². The van der Waals surface area contributed by atoms with Crippen molar-refractivity contribution in [1.82, 2.24) is 4.90 Å². The number of carbonyl (C=O) groups is 1. The molecule has 2 N–H and O–H groups in total. The van der Waals surface area contributed by atoms with E-state index in [0.717, 1.165) is 37.3 Å². The van der Waals surface area contributed by atoms with Crippen LogP contribution in [0.5, 0.6) is 0 Å². The summed E-state index contributed by atoms with van der Waals surface area (Å²) in [7, 11) is 0. The van der Waals surface area contributed by atoms with Crippen LogP contribution in [-0.2, 0) is 23.4 Å². The largest absolute Gasteiger partial charge is 0.385 e. The second-order valence-electron chi connectivity index (χ2n) is 6.93. The van der Waals surface area contributed by atoms with E-state index in [2.05, 4.69) is 23.2 Å². The number of nitrogens with zero attached hydrogens (tertiary/aromatic N) is 1. The van der Waals surface area contributed by atoms with Crippen LogP contribution in [0.2, 0.25) is 0 Å². The molecule has 0 fully saturated rings. The summed E-state index contributed by atoms with van der Waals surface area (Å²) in [6, 6.07) is 15.4. The molecule has 0 aromatic heterocycles. The van der Waals surface area contributed by atoms with Crippen LogP contribution in [0.15, 0.2) is 48.5 Å². The van der Waals surface area contributed by atoms with Crippen LogP contribution in [0, 0.1) is 0 Å². The van der Waals surface area contributed by atoms with Crippen LogP contribution in [-0.4, -0.2) is 29.0 Å². The third kappa shape index (κ3) is 4.09. The summed E-state index contributed by atoms with van der Waals surface area (Å²) >= 11 is 0. The van der Waals surface area contributed by atoms with Crippen molar-refractivity contribution in [1.29, 1.82) is 0 Å². The molecule has 1 amide bonds. The monoisotopic (exact) mass is 338 g/mol. The molecular weight excluding hydrogens is 312 g/mol. The van der Waals surface area contributed by atoms with Crippen LogP contribution >= 0.6 is 0 Å². The van der Waals surface area contributed by atoms with Gasteiger partial charge in [-0.1, -0.05) is 49.4 Å². The molecule has 0 spiro atoms. The highest BCUT2D eigenvalue weighted by molar-refractivity contribution is 5.92. The number of aliphatic hydroxyl groups is 1. The van der Waals surface area contributed by atoms with E-state index in [9.17, 15) is 9.90 Å². The summed E-state index contributed by atoms with van der Waals surface area (Å²) in [5, 5.41) is 13.7. The Balaban J connectivity index is 1.72. The molecule has 132 valence electrons. The number of amides is 1. The minimum Gasteiger partial charge on any atom is -0.385 e. The number of hydrogen-bond acceptors (Lipinski definition) is 3. The number of likely N-dealkylation sites (N-methyl/N-ethyl adjacent to an activating group) is 1. The van der Waals surface area contributed by atoms with E-state index in [1.807, 2.05) is 42.5 Å². The van der Waals surface area contributed by atoms with Gasteiger partial charge in [-0.15, -0.1) is 0 Å². The van der Waals surface area contributed by atoms with Crippen LogP contribution in [0.3, 0.4) is 0 Å². The van der Waals surface area contributed by atoms with Crippen LogP contribution in [0.25, 0.3) is 0 Å². The molecule has 1 aliphatic heterocycles. The first-order valence-electron chi connectivity index (χ1n) is 8.90. The van der Waals surface area contributed by atoms with Crippen LogP contribution in [0.4, 0.5) is 5.69 Å². The first-order chi connectivity index (χ1) is 12.0. The molecule has 2 aromatic rings. The lowest BCUT2D eigenvalue weighted by Crippen LogP contribution is -2.32. The fourth-order valence-electron chi connectivity index (χ4n) is 3.46. The number of hydrogen-bond donors (Lipinski definition) is 2. The lowest BCUT2D eigenvalue weighted by molar-refractivity contribution is -0.120. The summed E-state index contributed by atoms with van der Waals surface area (Å²) in [4.78, 5) is 14.9. The number of benzene rings is 2. The number of anilines is 1. The highest BCUT2D eigenvalue weighted by atomic mass is 16.3. The molecular formula is C21H26N2O2. The van der Waals surface area contributed by atoms with Gasteiger partial charge in [0.05, 0.1) is 12.0 Å². The zero-order valence-corrected chi connectivity index (χ0v) is 15.0. The summed E-state index contributed by atoms with van der Waals surface area (Å²) in [5.74, 6) is -0.167. The maximum atomic E-state index is 12.5. The van der Waals surface area contributed by atoms with Crippen molar-refractivity contribution in [3.8, 4) is 0 Å². The van der Waals surface area contributed by atoms with E-state index in [-0.39, 0.29) is 12.3 Å². The maximum absolute atomic E-state index is 12.5. The van der Waals surface area contributed by atoms with Crippen LogP contribution in [0.1, 0.15) is 37.0 Å². The average molecular weight is 338 g/mol. The summed E-state index contributed by atoms with van der Waals surface area (Å²) in [6.07, 6.45) is 0.969. The summed E-state index contributed by atoms with van der Waals surface area (Å²) in [5.41, 5.74) is 2.95. The Morgan fingerprint density at radius 2 is 1.96 bits per heavy atom. The third-order valence-corrected chi connectivity index (χ3v) is 4.97. The van der Waals surface area contributed by atoms with Gasteiger partial charge in [0.2, 0.25) is 5.91 Å². The van der Waals surface area contributed by atoms with Crippen molar-refractivity contribution in [2.75, 3.05) is 18.4 Å². The molecule has 0 saturated carbocycles. The molecule has 4 nitrogen and oxygen atoms in total. The molecule has 0 bridgehead atoms. The Labute approximate surface area is 149 Å². The van der Waals surface area contributed by atoms with Gasteiger partial charge in [-0.2, -0.15) is 0 Å². The second-order valence-corrected chi connectivity index (χ2v) is 6.93. The van der Waals surface area contributed by atoms with Crippen molar-refractivity contribution < 1.29 is 9.90 Å². The lowest BCUT2D eigenvalue weighted by atomic mass is 9.92. The van der Waals surface area contributed by atoms with E-state index < -0.39 is 5.60 Å². The van der Waals surface area contributed by atoms with Gasteiger partial charge in [-0.25, -0.2) is 0 Å². The average Bonchev–Trinajstić information content (AvgIpc) is 2.61. The molecule has 0 radical (unpaired) electrons. The maximum Gasteiger partial charge on any atom is 0.227 e.